The highest BCUT2D eigenvalue weighted by molar-refractivity contribution is 5.96. The zero-order valence-corrected chi connectivity index (χ0v) is 23.4. The van der Waals surface area contributed by atoms with Crippen molar-refractivity contribution in [3.8, 4) is 0 Å². The molecule has 0 spiro atoms. The Bertz CT molecular complexity index is 1330. The molecule has 5 nitrogen and oxygen atoms in total. The van der Waals surface area contributed by atoms with E-state index in [-0.39, 0.29) is 18.4 Å². The van der Waals surface area contributed by atoms with Crippen molar-refractivity contribution >= 4 is 22.7 Å². The Kier molecular flexibility index (Phi) is 10.4. The van der Waals surface area contributed by atoms with Gasteiger partial charge in [-0.2, -0.15) is 0 Å². The van der Waals surface area contributed by atoms with Gasteiger partial charge in [0.05, 0.1) is 0 Å². The molecule has 1 aromatic heterocycles. The summed E-state index contributed by atoms with van der Waals surface area (Å²) in [6, 6.07) is 26.2. The lowest BCUT2D eigenvalue weighted by molar-refractivity contribution is -0.132. The molecule has 0 saturated heterocycles. The Morgan fingerprint density at radius 3 is 2.21 bits per heavy atom. The number of unbranched alkanes of at least 4 members (excludes halogenated alkanes) is 2. The lowest BCUT2D eigenvalue weighted by Gasteiger charge is -2.28. The van der Waals surface area contributed by atoms with Gasteiger partial charge in [-0.3, -0.25) is 9.59 Å². The van der Waals surface area contributed by atoms with Crippen LogP contribution in [0.25, 0.3) is 10.9 Å². The van der Waals surface area contributed by atoms with E-state index in [9.17, 15) is 9.59 Å². The number of fused-ring (bicyclic) bond motifs is 1. The molecule has 0 atom stereocenters. The first-order valence-electron chi connectivity index (χ1n) is 14.3. The predicted octanol–water partition coefficient (Wildman–Crippen LogP) is 7.02. The van der Waals surface area contributed by atoms with Gasteiger partial charge in [0, 0.05) is 42.3 Å². The van der Waals surface area contributed by atoms with Crippen molar-refractivity contribution in [1.82, 2.24) is 14.8 Å². The molecule has 204 valence electrons. The summed E-state index contributed by atoms with van der Waals surface area (Å²) in [6.07, 6.45) is 8.17. The first-order chi connectivity index (χ1) is 19.1. The summed E-state index contributed by atoms with van der Waals surface area (Å²) >= 11 is 0. The second-order valence-electron chi connectivity index (χ2n) is 10.3. The predicted molar refractivity (Wildman–Crippen MR) is 160 cm³/mol. The molecule has 4 rings (SSSR count). The van der Waals surface area contributed by atoms with Crippen molar-refractivity contribution in [3.05, 3.63) is 107 Å². The van der Waals surface area contributed by atoms with Gasteiger partial charge in [0.15, 0.2) is 0 Å². The van der Waals surface area contributed by atoms with Crippen LogP contribution in [0.4, 0.5) is 0 Å². The maximum absolute atomic E-state index is 13.7. The SMILES string of the molecule is CCCCCc1ccc(C(=O)N(CCC)CC(=O)N(CCc2c[nH]c3ccccc23)Cc2ccccc2)cc1. The minimum absolute atomic E-state index is 0.0309. The van der Waals surface area contributed by atoms with Gasteiger partial charge in [-0.15, -0.1) is 0 Å². The number of rotatable bonds is 14. The van der Waals surface area contributed by atoms with Gasteiger partial charge in [0.2, 0.25) is 5.91 Å². The van der Waals surface area contributed by atoms with Gasteiger partial charge in [-0.05, 0) is 60.6 Å². The molecular weight excluding hydrogens is 482 g/mol. The summed E-state index contributed by atoms with van der Waals surface area (Å²) in [7, 11) is 0. The first kappa shape index (κ1) is 28.2. The molecule has 39 heavy (non-hydrogen) atoms. The number of benzene rings is 3. The number of carbonyl (C=O) groups excluding carboxylic acids is 2. The highest BCUT2D eigenvalue weighted by Crippen LogP contribution is 2.19. The quantitative estimate of drug-likeness (QED) is 0.181. The third kappa shape index (κ3) is 7.82. The molecule has 0 aliphatic rings. The monoisotopic (exact) mass is 523 g/mol. The number of para-hydroxylation sites is 1. The number of hydrogen-bond donors (Lipinski definition) is 1. The number of aryl methyl sites for hydroxylation is 1. The van der Waals surface area contributed by atoms with E-state index in [2.05, 4.69) is 36.2 Å². The topological polar surface area (TPSA) is 56.4 Å². The Balaban J connectivity index is 1.47. The minimum atomic E-state index is -0.0819. The Morgan fingerprint density at radius 1 is 0.718 bits per heavy atom. The molecule has 5 heteroatoms. The van der Waals surface area contributed by atoms with Gasteiger partial charge in [0.1, 0.15) is 6.54 Å². The van der Waals surface area contributed by atoms with Gasteiger partial charge >= 0.3 is 0 Å². The van der Waals surface area contributed by atoms with Crippen LogP contribution in [0.2, 0.25) is 0 Å². The molecule has 4 aromatic rings. The second kappa shape index (κ2) is 14.3. The van der Waals surface area contributed by atoms with Gasteiger partial charge in [0.25, 0.3) is 5.91 Å². The lowest BCUT2D eigenvalue weighted by Crippen LogP contribution is -2.43. The number of nitrogens with one attached hydrogen (secondary N) is 1. The highest BCUT2D eigenvalue weighted by Gasteiger charge is 2.22. The van der Waals surface area contributed by atoms with Crippen molar-refractivity contribution in [3.63, 3.8) is 0 Å². The number of aromatic amines is 1. The normalized spacial score (nSPS) is 11.0. The number of carbonyl (C=O) groups is 2. The molecule has 1 heterocycles. The molecule has 3 aromatic carbocycles. The van der Waals surface area contributed by atoms with Crippen LogP contribution in [-0.4, -0.2) is 46.2 Å². The fourth-order valence-corrected chi connectivity index (χ4v) is 5.05. The van der Waals surface area contributed by atoms with Crippen LogP contribution < -0.4 is 0 Å². The summed E-state index contributed by atoms with van der Waals surface area (Å²) in [5.74, 6) is -0.113. The van der Waals surface area contributed by atoms with E-state index in [1.165, 1.54) is 29.4 Å². The largest absolute Gasteiger partial charge is 0.361 e. The number of hydrogen-bond acceptors (Lipinski definition) is 2. The van der Waals surface area contributed by atoms with E-state index in [4.69, 9.17) is 0 Å². The number of H-pyrrole nitrogens is 1. The first-order valence-corrected chi connectivity index (χ1v) is 14.3. The van der Waals surface area contributed by atoms with Crippen molar-refractivity contribution in [2.75, 3.05) is 19.6 Å². The van der Waals surface area contributed by atoms with E-state index in [0.29, 0.717) is 25.2 Å². The van der Waals surface area contributed by atoms with Gasteiger partial charge in [-0.25, -0.2) is 0 Å². The average Bonchev–Trinajstić information content (AvgIpc) is 3.38. The number of amides is 2. The lowest BCUT2D eigenvalue weighted by atomic mass is 10.0. The maximum atomic E-state index is 13.7. The molecule has 0 aliphatic heterocycles. The fourth-order valence-electron chi connectivity index (χ4n) is 5.05. The van der Waals surface area contributed by atoms with Crippen LogP contribution in [0.3, 0.4) is 0 Å². The van der Waals surface area contributed by atoms with Crippen molar-refractivity contribution in [2.24, 2.45) is 0 Å². The van der Waals surface area contributed by atoms with Gasteiger partial charge < -0.3 is 14.8 Å². The standard InChI is InChI=1S/C34H41N3O2/c1-3-5-7-12-27-17-19-29(20-18-27)34(39)37(22-4-2)26-33(38)36(25-28-13-8-6-9-14-28)23-21-30-24-35-32-16-11-10-15-31(30)32/h6,8-11,13-20,24,35H,3-5,7,12,21-23,25-26H2,1-2H3. The average molecular weight is 524 g/mol. The van der Waals surface area contributed by atoms with E-state index in [0.717, 1.165) is 36.8 Å². The summed E-state index contributed by atoms with van der Waals surface area (Å²) in [6.45, 7) is 5.96. The molecule has 0 bridgehead atoms. The Labute approximate surface area is 232 Å². The number of aromatic nitrogens is 1. The Morgan fingerprint density at radius 2 is 1.46 bits per heavy atom. The van der Waals surface area contributed by atoms with Crippen LogP contribution in [-0.2, 0) is 24.2 Å². The van der Waals surface area contributed by atoms with Crippen LogP contribution in [0.5, 0.6) is 0 Å². The van der Waals surface area contributed by atoms with Crippen LogP contribution in [0.1, 0.15) is 66.6 Å². The fraction of sp³-hybridized carbons (Fsp3) is 0.353. The maximum Gasteiger partial charge on any atom is 0.254 e. The van der Waals surface area contributed by atoms with Crippen LogP contribution in [0, 0.1) is 0 Å². The van der Waals surface area contributed by atoms with Crippen molar-refractivity contribution in [1.29, 1.82) is 0 Å². The Hall–Kier alpha value is -3.86. The molecule has 0 radical (unpaired) electrons. The van der Waals surface area contributed by atoms with Crippen LogP contribution in [0.15, 0.2) is 85.1 Å². The van der Waals surface area contributed by atoms with E-state index in [1.54, 1.807) is 4.90 Å². The molecule has 2 amide bonds. The van der Waals surface area contributed by atoms with Gasteiger partial charge in [-0.1, -0.05) is 87.4 Å². The third-order valence-corrected chi connectivity index (χ3v) is 7.27. The highest BCUT2D eigenvalue weighted by atomic mass is 16.2. The molecule has 0 fully saturated rings. The number of nitrogens with zero attached hydrogens (tertiary/aromatic N) is 2. The molecule has 0 unspecified atom stereocenters. The third-order valence-electron chi connectivity index (χ3n) is 7.27. The van der Waals surface area contributed by atoms with E-state index >= 15 is 0 Å². The summed E-state index contributed by atoms with van der Waals surface area (Å²) in [4.78, 5) is 34.1. The van der Waals surface area contributed by atoms with Crippen LogP contribution >= 0.6 is 0 Å². The van der Waals surface area contributed by atoms with Crippen molar-refractivity contribution in [2.45, 2.75) is 58.9 Å². The molecule has 0 saturated carbocycles. The summed E-state index contributed by atoms with van der Waals surface area (Å²) in [5.41, 5.74) is 5.27. The van der Waals surface area contributed by atoms with Crippen molar-refractivity contribution < 1.29 is 9.59 Å². The zero-order valence-electron chi connectivity index (χ0n) is 23.4. The molecular formula is C34H41N3O2. The minimum Gasteiger partial charge on any atom is -0.361 e. The van der Waals surface area contributed by atoms with E-state index < -0.39 is 0 Å². The molecule has 1 N–H and O–H groups in total. The molecule has 0 aliphatic carbocycles. The summed E-state index contributed by atoms with van der Waals surface area (Å²) < 4.78 is 0. The second-order valence-corrected chi connectivity index (χ2v) is 10.3. The summed E-state index contributed by atoms with van der Waals surface area (Å²) in [5, 5.41) is 1.19. The van der Waals surface area contributed by atoms with E-state index in [1.807, 2.05) is 72.6 Å². The smallest absolute Gasteiger partial charge is 0.254 e. The zero-order chi connectivity index (χ0) is 27.5.